The molecule has 0 aliphatic heterocycles. The van der Waals surface area contributed by atoms with E-state index in [4.69, 9.17) is 10.2 Å². The summed E-state index contributed by atoms with van der Waals surface area (Å²) in [5, 5.41) is 17.3. The maximum atomic E-state index is 10.5. The standard InChI is InChI=1S/C12H25NO3/c1-11(2)13(9-7-12(15)16)8-5-3-4-6-10-14/h11,14H,3-10H2,1-2H3,(H,15,16). The Kier molecular flexibility index (Phi) is 9.24. The largest absolute Gasteiger partial charge is 0.481 e. The van der Waals surface area contributed by atoms with Crippen molar-refractivity contribution in [1.29, 1.82) is 0 Å². The molecule has 0 atom stereocenters. The van der Waals surface area contributed by atoms with E-state index in [0.29, 0.717) is 12.6 Å². The fraction of sp³-hybridized carbons (Fsp3) is 0.917. The lowest BCUT2D eigenvalue weighted by molar-refractivity contribution is -0.137. The van der Waals surface area contributed by atoms with Gasteiger partial charge in [0, 0.05) is 19.2 Å². The van der Waals surface area contributed by atoms with Crippen molar-refractivity contribution in [3.63, 3.8) is 0 Å². The molecule has 0 spiro atoms. The number of rotatable bonds is 10. The number of aliphatic hydroxyl groups excluding tert-OH is 1. The van der Waals surface area contributed by atoms with Gasteiger partial charge in [0.05, 0.1) is 6.42 Å². The van der Waals surface area contributed by atoms with E-state index in [2.05, 4.69) is 18.7 Å². The summed E-state index contributed by atoms with van der Waals surface area (Å²) in [6.07, 6.45) is 4.33. The van der Waals surface area contributed by atoms with Gasteiger partial charge >= 0.3 is 5.97 Å². The molecule has 0 bridgehead atoms. The highest BCUT2D eigenvalue weighted by Gasteiger charge is 2.10. The van der Waals surface area contributed by atoms with Crippen molar-refractivity contribution < 1.29 is 15.0 Å². The molecule has 0 amide bonds. The van der Waals surface area contributed by atoms with Gasteiger partial charge in [0.25, 0.3) is 0 Å². The van der Waals surface area contributed by atoms with Crippen molar-refractivity contribution in [3.8, 4) is 0 Å². The molecule has 16 heavy (non-hydrogen) atoms. The van der Waals surface area contributed by atoms with Crippen LogP contribution in [0.25, 0.3) is 0 Å². The van der Waals surface area contributed by atoms with E-state index in [-0.39, 0.29) is 13.0 Å². The summed E-state index contributed by atoms with van der Waals surface area (Å²) in [4.78, 5) is 12.7. The van der Waals surface area contributed by atoms with Gasteiger partial charge in [-0.05, 0) is 33.2 Å². The van der Waals surface area contributed by atoms with Crippen molar-refractivity contribution in [2.24, 2.45) is 0 Å². The van der Waals surface area contributed by atoms with Crippen LogP contribution in [0.15, 0.2) is 0 Å². The Morgan fingerprint density at radius 3 is 2.25 bits per heavy atom. The maximum Gasteiger partial charge on any atom is 0.304 e. The van der Waals surface area contributed by atoms with E-state index in [1.54, 1.807) is 0 Å². The topological polar surface area (TPSA) is 60.8 Å². The molecule has 0 aliphatic rings. The molecule has 0 aromatic carbocycles. The zero-order valence-corrected chi connectivity index (χ0v) is 10.5. The summed E-state index contributed by atoms with van der Waals surface area (Å²) >= 11 is 0. The molecule has 0 radical (unpaired) electrons. The first-order chi connectivity index (χ1) is 7.57. The van der Waals surface area contributed by atoms with Gasteiger partial charge in [-0.2, -0.15) is 0 Å². The third-order valence-corrected chi connectivity index (χ3v) is 2.70. The van der Waals surface area contributed by atoms with Gasteiger partial charge in [0.15, 0.2) is 0 Å². The molecule has 96 valence electrons. The van der Waals surface area contributed by atoms with Gasteiger partial charge in [-0.15, -0.1) is 0 Å². The van der Waals surface area contributed by atoms with Gasteiger partial charge in [-0.25, -0.2) is 0 Å². The Morgan fingerprint density at radius 2 is 1.75 bits per heavy atom. The number of aliphatic carboxylic acids is 1. The number of carbonyl (C=O) groups is 1. The van der Waals surface area contributed by atoms with Gasteiger partial charge < -0.3 is 15.1 Å². The second-order valence-corrected chi connectivity index (χ2v) is 4.41. The number of hydrogen-bond acceptors (Lipinski definition) is 3. The summed E-state index contributed by atoms with van der Waals surface area (Å²) in [6.45, 7) is 6.04. The number of carboxylic acids is 1. The second kappa shape index (κ2) is 9.60. The molecule has 0 fully saturated rings. The zero-order chi connectivity index (χ0) is 12.4. The van der Waals surface area contributed by atoms with Crippen molar-refractivity contribution >= 4 is 5.97 Å². The number of unbranched alkanes of at least 4 members (excludes halogenated alkanes) is 3. The Labute approximate surface area is 98.3 Å². The summed E-state index contributed by atoms with van der Waals surface area (Å²) in [5.74, 6) is -0.731. The highest BCUT2D eigenvalue weighted by Crippen LogP contribution is 2.05. The minimum absolute atomic E-state index is 0.217. The van der Waals surface area contributed by atoms with Crippen LogP contribution in [-0.4, -0.2) is 46.8 Å². The van der Waals surface area contributed by atoms with Crippen molar-refractivity contribution in [3.05, 3.63) is 0 Å². The molecule has 0 heterocycles. The van der Waals surface area contributed by atoms with Crippen LogP contribution in [-0.2, 0) is 4.79 Å². The third-order valence-electron chi connectivity index (χ3n) is 2.70. The molecule has 0 aromatic heterocycles. The van der Waals surface area contributed by atoms with Gasteiger partial charge in [-0.3, -0.25) is 4.79 Å². The first-order valence-corrected chi connectivity index (χ1v) is 6.14. The average molecular weight is 231 g/mol. The molecule has 0 aliphatic carbocycles. The normalized spacial score (nSPS) is 11.3. The lowest BCUT2D eigenvalue weighted by Gasteiger charge is -2.25. The fourth-order valence-corrected chi connectivity index (χ4v) is 1.65. The molecular weight excluding hydrogens is 206 g/mol. The fourth-order valence-electron chi connectivity index (χ4n) is 1.65. The zero-order valence-electron chi connectivity index (χ0n) is 10.5. The number of nitrogens with zero attached hydrogens (tertiary/aromatic N) is 1. The summed E-state index contributed by atoms with van der Waals surface area (Å²) < 4.78 is 0. The second-order valence-electron chi connectivity index (χ2n) is 4.41. The Balaban J connectivity index is 3.64. The first-order valence-electron chi connectivity index (χ1n) is 6.14. The summed E-state index contributed by atoms with van der Waals surface area (Å²) in [6, 6.07) is 0.400. The Bertz CT molecular complexity index is 183. The van der Waals surface area contributed by atoms with Crippen molar-refractivity contribution in [2.75, 3.05) is 19.7 Å². The number of carboxylic acid groups (broad SMARTS) is 1. The van der Waals surface area contributed by atoms with E-state index in [0.717, 1.165) is 32.2 Å². The molecule has 4 nitrogen and oxygen atoms in total. The van der Waals surface area contributed by atoms with Crippen molar-refractivity contribution in [2.45, 2.75) is 52.0 Å². The van der Waals surface area contributed by atoms with Gasteiger partial charge in [0.1, 0.15) is 0 Å². The van der Waals surface area contributed by atoms with Crippen LogP contribution in [0.3, 0.4) is 0 Å². The summed E-state index contributed by atoms with van der Waals surface area (Å²) in [5.41, 5.74) is 0. The molecule has 0 saturated heterocycles. The maximum absolute atomic E-state index is 10.5. The van der Waals surface area contributed by atoms with E-state index in [9.17, 15) is 4.79 Å². The van der Waals surface area contributed by atoms with E-state index >= 15 is 0 Å². The van der Waals surface area contributed by atoms with E-state index < -0.39 is 5.97 Å². The molecule has 2 N–H and O–H groups in total. The number of hydrogen-bond donors (Lipinski definition) is 2. The highest BCUT2D eigenvalue weighted by molar-refractivity contribution is 5.66. The minimum Gasteiger partial charge on any atom is -0.481 e. The molecule has 0 saturated carbocycles. The molecule has 0 aromatic rings. The molecule has 4 heteroatoms. The predicted octanol–water partition coefficient (Wildman–Crippen LogP) is 1.72. The smallest absolute Gasteiger partial charge is 0.304 e. The number of aliphatic hydroxyl groups is 1. The van der Waals surface area contributed by atoms with Gasteiger partial charge in [0.2, 0.25) is 0 Å². The monoisotopic (exact) mass is 231 g/mol. The molecular formula is C12H25NO3. The van der Waals surface area contributed by atoms with Gasteiger partial charge in [-0.1, -0.05) is 12.8 Å². The average Bonchev–Trinajstić information content (AvgIpc) is 2.21. The van der Waals surface area contributed by atoms with E-state index in [1.807, 2.05) is 0 Å². The Hall–Kier alpha value is -0.610. The van der Waals surface area contributed by atoms with E-state index in [1.165, 1.54) is 0 Å². The van der Waals surface area contributed by atoms with Crippen LogP contribution >= 0.6 is 0 Å². The highest BCUT2D eigenvalue weighted by atomic mass is 16.4. The third kappa shape index (κ3) is 8.68. The van der Waals surface area contributed by atoms with Crippen LogP contribution in [0.1, 0.15) is 46.0 Å². The predicted molar refractivity (Wildman–Crippen MR) is 64.5 cm³/mol. The quantitative estimate of drug-likeness (QED) is 0.562. The molecule has 0 unspecified atom stereocenters. The SMILES string of the molecule is CC(C)N(CCCCCCO)CCC(=O)O. The lowest BCUT2D eigenvalue weighted by Crippen LogP contribution is -2.33. The van der Waals surface area contributed by atoms with Crippen LogP contribution < -0.4 is 0 Å². The van der Waals surface area contributed by atoms with Crippen molar-refractivity contribution in [1.82, 2.24) is 4.90 Å². The summed E-state index contributed by atoms with van der Waals surface area (Å²) in [7, 11) is 0. The van der Waals surface area contributed by atoms with Crippen LogP contribution in [0.4, 0.5) is 0 Å². The van der Waals surface area contributed by atoms with Crippen LogP contribution in [0.2, 0.25) is 0 Å². The Morgan fingerprint density at radius 1 is 1.12 bits per heavy atom. The minimum atomic E-state index is -0.731. The van der Waals surface area contributed by atoms with Crippen LogP contribution in [0, 0.1) is 0 Å². The van der Waals surface area contributed by atoms with Crippen LogP contribution in [0.5, 0.6) is 0 Å². The first kappa shape index (κ1) is 15.4. The molecule has 0 rings (SSSR count). The lowest BCUT2D eigenvalue weighted by atomic mass is 10.1.